The van der Waals surface area contributed by atoms with Crippen molar-refractivity contribution in [1.29, 1.82) is 0 Å². The van der Waals surface area contributed by atoms with Crippen LogP contribution in [0, 0.1) is 5.92 Å². The second-order valence-corrected chi connectivity index (χ2v) is 14.1. The third-order valence-corrected chi connectivity index (χ3v) is 10.5. The molecule has 4 saturated heterocycles. The van der Waals surface area contributed by atoms with Gasteiger partial charge in [0.1, 0.15) is 97.7 Å². The van der Waals surface area contributed by atoms with Crippen LogP contribution in [-0.4, -0.2) is 244 Å². The Hall–Kier alpha value is -1.34. The summed E-state index contributed by atoms with van der Waals surface area (Å²) in [5.41, 5.74) is -0.0659. The Morgan fingerprint density at radius 1 is 0.556 bits per heavy atom. The van der Waals surface area contributed by atoms with Crippen LogP contribution in [-0.2, 0) is 33.2 Å². The van der Waals surface area contributed by atoms with E-state index in [-0.39, 0.29) is 12.3 Å². The monoisotopic (exact) mass is 791 g/mol. The first-order valence-electron chi connectivity index (χ1n) is 17.5. The minimum absolute atomic E-state index is 0.0659. The molecule has 5 rings (SSSR count). The molecule has 16 N–H and O–H groups in total. The van der Waals surface area contributed by atoms with Crippen molar-refractivity contribution in [3.05, 3.63) is 11.8 Å². The molecule has 4 fully saturated rings. The van der Waals surface area contributed by atoms with Crippen LogP contribution < -0.4 is 5.32 Å². The molecule has 23 atom stereocenters. The molecule has 0 radical (unpaired) electrons. The van der Waals surface area contributed by atoms with Crippen LogP contribution in [0.3, 0.4) is 0 Å². The predicted octanol–water partition coefficient (Wildman–Crippen LogP) is -9.85. The number of nitrogens with one attached hydrogen (secondary N) is 1. The van der Waals surface area contributed by atoms with Crippen LogP contribution in [0.25, 0.3) is 0 Å². The Morgan fingerprint density at radius 2 is 1.02 bits per heavy atom. The van der Waals surface area contributed by atoms with E-state index in [0.717, 1.165) is 0 Å². The van der Waals surface area contributed by atoms with E-state index in [9.17, 15) is 76.6 Å². The molecular formula is C31H53NO22. The van der Waals surface area contributed by atoms with Gasteiger partial charge in [0.15, 0.2) is 18.9 Å². The minimum atomic E-state index is -2.02. The summed E-state index contributed by atoms with van der Waals surface area (Å²) in [6.45, 7) is -1.86. The van der Waals surface area contributed by atoms with Gasteiger partial charge in [0.25, 0.3) is 0 Å². The van der Waals surface area contributed by atoms with Crippen LogP contribution in [0.4, 0.5) is 0 Å². The molecule has 0 bridgehead atoms. The van der Waals surface area contributed by atoms with Crippen molar-refractivity contribution in [2.75, 3.05) is 33.0 Å². The highest BCUT2D eigenvalue weighted by molar-refractivity contribution is 5.19. The lowest BCUT2D eigenvalue weighted by molar-refractivity contribution is -0.382. The van der Waals surface area contributed by atoms with Crippen molar-refractivity contribution < 1.29 is 110 Å². The molecular weight excluding hydrogens is 738 g/mol. The van der Waals surface area contributed by atoms with E-state index in [1.54, 1.807) is 0 Å². The highest BCUT2D eigenvalue weighted by Gasteiger charge is 2.54. The lowest BCUT2D eigenvalue weighted by atomic mass is 9.86. The van der Waals surface area contributed by atoms with Crippen LogP contribution in [0.5, 0.6) is 0 Å². The molecule has 5 aliphatic rings. The number of aliphatic hydroxyl groups excluding tert-OH is 15. The normalized spacial score (nSPS) is 51.8. The Kier molecular flexibility index (Phi) is 15.0. The van der Waals surface area contributed by atoms with Crippen LogP contribution in [0.15, 0.2) is 11.8 Å². The first-order valence-corrected chi connectivity index (χ1v) is 17.5. The van der Waals surface area contributed by atoms with E-state index in [0.29, 0.717) is 0 Å². The summed E-state index contributed by atoms with van der Waals surface area (Å²) in [5.74, 6) is -0.959. The number of hydrogen-bond acceptors (Lipinski definition) is 23. The van der Waals surface area contributed by atoms with Crippen LogP contribution >= 0.6 is 0 Å². The number of rotatable bonds is 12. The minimum Gasteiger partial charge on any atom is -0.396 e. The standard InChI is InChI=1S/C31H53NO22/c1-8-15(32-10-2-9(3-33)16(38)20(42)17(10)39)19(41)23(45)29(49-8)53-27-13(5-35)51-31(25(47)21(27)43)54-28-14(6-36)50-30(24(46)22(28)44)52-26-12(4-34)48-7-11(37)18(26)40/h2,8-9,11-47H,3-7H2,1H3/t8?,9?,11?,12?,13?,14?,15-,16+,17?,18-,19+,20+,21-,22-,23?,24?,25?,26-,27-,28-,29-,30-,31-/m1/s1. The Morgan fingerprint density at radius 3 is 1.50 bits per heavy atom. The van der Waals surface area contributed by atoms with Crippen molar-refractivity contribution >= 4 is 0 Å². The lowest BCUT2D eigenvalue weighted by Gasteiger charge is -2.49. The van der Waals surface area contributed by atoms with Gasteiger partial charge in [-0.05, 0) is 6.92 Å². The first-order chi connectivity index (χ1) is 25.6. The summed E-state index contributed by atoms with van der Waals surface area (Å²) in [5, 5.41) is 159. The molecule has 0 saturated carbocycles. The molecule has 0 aromatic heterocycles. The molecule has 4 heterocycles. The summed E-state index contributed by atoms with van der Waals surface area (Å²) in [6, 6.07) is -1.15. The molecule has 10 unspecified atom stereocenters. The van der Waals surface area contributed by atoms with Gasteiger partial charge in [-0.2, -0.15) is 0 Å². The number of aliphatic hydroxyl groups is 15. The van der Waals surface area contributed by atoms with Crippen LogP contribution in [0.2, 0.25) is 0 Å². The molecule has 23 nitrogen and oxygen atoms in total. The van der Waals surface area contributed by atoms with Gasteiger partial charge in [-0.15, -0.1) is 0 Å². The maximum absolute atomic E-state index is 11.1. The smallest absolute Gasteiger partial charge is 0.187 e. The highest BCUT2D eigenvalue weighted by atomic mass is 16.8. The quantitative estimate of drug-likeness (QED) is 0.0872. The van der Waals surface area contributed by atoms with E-state index >= 15 is 0 Å². The van der Waals surface area contributed by atoms with Gasteiger partial charge >= 0.3 is 0 Å². The van der Waals surface area contributed by atoms with Crippen LogP contribution in [0.1, 0.15) is 6.92 Å². The van der Waals surface area contributed by atoms with Crippen molar-refractivity contribution in [2.45, 2.75) is 142 Å². The fraction of sp³-hybridized carbons (Fsp3) is 0.935. The van der Waals surface area contributed by atoms with Crippen molar-refractivity contribution in [2.24, 2.45) is 5.92 Å². The summed E-state index contributed by atoms with van der Waals surface area (Å²) >= 11 is 0. The topological polar surface area (TPSA) is 380 Å². The molecule has 314 valence electrons. The average molecular weight is 792 g/mol. The van der Waals surface area contributed by atoms with E-state index in [4.69, 9.17) is 33.2 Å². The van der Waals surface area contributed by atoms with Crippen molar-refractivity contribution in [3.8, 4) is 0 Å². The van der Waals surface area contributed by atoms with Crippen molar-refractivity contribution in [1.82, 2.24) is 5.32 Å². The van der Waals surface area contributed by atoms with Gasteiger partial charge in [-0.25, -0.2) is 0 Å². The highest BCUT2D eigenvalue weighted by Crippen LogP contribution is 2.34. The molecule has 4 aliphatic heterocycles. The Bertz CT molecular complexity index is 1220. The third-order valence-electron chi connectivity index (χ3n) is 10.5. The van der Waals surface area contributed by atoms with E-state index in [1.807, 2.05) is 0 Å². The molecule has 0 aromatic rings. The molecule has 0 aromatic carbocycles. The molecule has 1 aliphatic carbocycles. The predicted molar refractivity (Wildman–Crippen MR) is 169 cm³/mol. The molecule has 0 amide bonds. The maximum Gasteiger partial charge on any atom is 0.187 e. The lowest BCUT2D eigenvalue weighted by Crippen LogP contribution is -2.67. The van der Waals surface area contributed by atoms with Gasteiger partial charge in [0.2, 0.25) is 0 Å². The first kappa shape index (κ1) is 43.8. The fourth-order valence-electron chi connectivity index (χ4n) is 7.19. The van der Waals surface area contributed by atoms with Gasteiger partial charge in [-0.1, -0.05) is 6.08 Å². The third kappa shape index (κ3) is 8.73. The second kappa shape index (κ2) is 18.5. The van der Waals surface area contributed by atoms with Gasteiger partial charge in [0.05, 0.1) is 51.3 Å². The zero-order chi connectivity index (χ0) is 39.8. The fourth-order valence-corrected chi connectivity index (χ4v) is 7.19. The van der Waals surface area contributed by atoms with Crippen molar-refractivity contribution in [3.63, 3.8) is 0 Å². The molecule has 0 spiro atoms. The van der Waals surface area contributed by atoms with Gasteiger partial charge in [0, 0.05) is 11.6 Å². The zero-order valence-electron chi connectivity index (χ0n) is 29.0. The number of ether oxygens (including phenoxy) is 7. The van der Waals surface area contributed by atoms with E-state index in [1.165, 1.54) is 13.0 Å². The van der Waals surface area contributed by atoms with Gasteiger partial charge in [-0.3, -0.25) is 0 Å². The summed E-state index contributed by atoms with van der Waals surface area (Å²) in [7, 11) is 0. The zero-order valence-corrected chi connectivity index (χ0v) is 29.0. The SMILES string of the molecule is CC1O[C@H](O[C@@H]2C(CO)O[C@H](O[C@@H]3C(CO)O[C@H](O[C@@H]4C(CO)OCC(O)[C@H]4O)C(O)[C@H]3O)C(O)[C@H]2O)C(O)[C@@H](O)[C@@H]1NC1=CC(CO)[C@H](O)[C@H](O)C1O. The van der Waals surface area contributed by atoms with E-state index in [2.05, 4.69) is 5.32 Å². The Labute approximate surface area is 307 Å². The second-order valence-electron chi connectivity index (χ2n) is 14.1. The summed E-state index contributed by atoms with van der Waals surface area (Å²) in [4.78, 5) is 0. The number of hydrogen-bond donors (Lipinski definition) is 16. The van der Waals surface area contributed by atoms with Gasteiger partial charge < -0.3 is 115 Å². The summed E-state index contributed by atoms with van der Waals surface area (Å²) < 4.78 is 39.1. The summed E-state index contributed by atoms with van der Waals surface area (Å²) in [6.07, 6.45) is -33.3. The molecule has 23 heteroatoms. The molecule has 54 heavy (non-hydrogen) atoms. The van der Waals surface area contributed by atoms with E-state index < -0.39 is 167 Å². The average Bonchev–Trinajstić information content (AvgIpc) is 3.16. The maximum atomic E-state index is 11.1. The Balaban J connectivity index is 1.22. The largest absolute Gasteiger partial charge is 0.396 e.